The van der Waals surface area contributed by atoms with Crippen LogP contribution in [0.5, 0.6) is 11.5 Å². The summed E-state index contributed by atoms with van der Waals surface area (Å²) >= 11 is 6.49. The molecule has 0 amide bonds. The summed E-state index contributed by atoms with van der Waals surface area (Å²) < 4.78 is 25.5. The summed E-state index contributed by atoms with van der Waals surface area (Å²) in [4.78, 5) is 0. The summed E-state index contributed by atoms with van der Waals surface area (Å²) in [5.74, 6) is 1.11. The van der Waals surface area contributed by atoms with E-state index < -0.39 is 0 Å². The highest BCUT2D eigenvalue weighted by molar-refractivity contribution is 6.31. The second kappa shape index (κ2) is 11.0. The van der Waals surface area contributed by atoms with Gasteiger partial charge in [0.1, 0.15) is 12.4 Å². The second-order valence-electron chi connectivity index (χ2n) is 7.12. The normalized spacial score (nSPS) is 10.8. The van der Waals surface area contributed by atoms with E-state index in [2.05, 4.69) is 24.4 Å². The summed E-state index contributed by atoms with van der Waals surface area (Å²) in [6, 6.07) is 18.8. The lowest BCUT2D eigenvalue weighted by molar-refractivity contribution is 0.269. The molecule has 30 heavy (non-hydrogen) atoms. The summed E-state index contributed by atoms with van der Waals surface area (Å²) in [7, 11) is 0. The first-order chi connectivity index (χ1) is 14.6. The number of rotatable bonds is 10. The minimum Gasteiger partial charge on any atom is -0.490 e. The molecule has 0 atom stereocenters. The summed E-state index contributed by atoms with van der Waals surface area (Å²) in [5, 5.41) is 3.93. The standard InChI is InChI=1S/C25H27ClFNO2/c1-3-29-24-14-21(16-28-13-12-20-6-4-5-7-23(20)27)22(26)15-25(24)30-17-19-10-8-18(2)9-11-19/h4-11,14-15,28H,3,12-13,16-17H2,1-2H3. The predicted octanol–water partition coefficient (Wildman–Crippen LogP) is 6.10. The fourth-order valence-corrected chi connectivity index (χ4v) is 3.31. The molecule has 0 unspecified atom stereocenters. The van der Waals surface area contributed by atoms with Crippen LogP contribution in [-0.4, -0.2) is 13.2 Å². The average molecular weight is 428 g/mol. The van der Waals surface area contributed by atoms with Crippen LogP contribution in [-0.2, 0) is 19.6 Å². The Hall–Kier alpha value is -2.56. The third-order valence-electron chi connectivity index (χ3n) is 4.77. The van der Waals surface area contributed by atoms with Crippen LogP contribution >= 0.6 is 11.6 Å². The van der Waals surface area contributed by atoms with Crippen LogP contribution in [0.15, 0.2) is 60.7 Å². The fraction of sp³-hybridized carbons (Fsp3) is 0.280. The monoisotopic (exact) mass is 427 g/mol. The van der Waals surface area contributed by atoms with E-state index in [9.17, 15) is 4.39 Å². The first-order valence-electron chi connectivity index (χ1n) is 10.1. The zero-order valence-corrected chi connectivity index (χ0v) is 18.1. The van der Waals surface area contributed by atoms with Crippen LogP contribution < -0.4 is 14.8 Å². The number of hydrogen-bond acceptors (Lipinski definition) is 3. The van der Waals surface area contributed by atoms with Crippen molar-refractivity contribution in [2.45, 2.75) is 33.4 Å². The summed E-state index contributed by atoms with van der Waals surface area (Å²) in [6.07, 6.45) is 0.611. The molecule has 5 heteroatoms. The lowest BCUT2D eigenvalue weighted by atomic mass is 10.1. The number of halogens is 2. The molecule has 0 heterocycles. The quantitative estimate of drug-likeness (QED) is 0.397. The maximum atomic E-state index is 13.7. The zero-order valence-electron chi connectivity index (χ0n) is 17.4. The van der Waals surface area contributed by atoms with Crippen molar-refractivity contribution in [1.82, 2.24) is 5.32 Å². The fourth-order valence-electron chi connectivity index (χ4n) is 3.09. The Balaban J connectivity index is 1.61. The van der Waals surface area contributed by atoms with Crippen molar-refractivity contribution in [2.24, 2.45) is 0 Å². The van der Waals surface area contributed by atoms with Gasteiger partial charge < -0.3 is 14.8 Å². The Morgan fingerprint density at radius 1 is 0.933 bits per heavy atom. The lowest BCUT2D eigenvalue weighted by Crippen LogP contribution is -2.17. The van der Waals surface area contributed by atoms with Gasteiger partial charge in [0.15, 0.2) is 11.5 Å². The average Bonchev–Trinajstić information content (AvgIpc) is 2.74. The van der Waals surface area contributed by atoms with E-state index in [1.54, 1.807) is 18.2 Å². The first kappa shape index (κ1) is 22.1. The number of ether oxygens (including phenoxy) is 2. The van der Waals surface area contributed by atoms with Gasteiger partial charge in [-0.2, -0.15) is 0 Å². The first-order valence-corrected chi connectivity index (χ1v) is 10.5. The van der Waals surface area contributed by atoms with E-state index in [0.29, 0.717) is 54.8 Å². The molecule has 3 rings (SSSR count). The molecular weight excluding hydrogens is 401 g/mol. The molecule has 0 bridgehead atoms. The van der Waals surface area contributed by atoms with Crippen molar-refractivity contribution in [2.75, 3.05) is 13.2 Å². The van der Waals surface area contributed by atoms with E-state index in [-0.39, 0.29) is 5.82 Å². The van der Waals surface area contributed by atoms with Gasteiger partial charge in [-0.1, -0.05) is 59.6 Å². The molecule has 0 spiro atoms. The molecule has 0 aliphatic heterocycles. The molecule has 0 radical (unpaired) electrons. The molecular formula is C25H27ClFNO2. The van der Waals surface area contributed by atoms with Crippen molar-refractivity contribution in [3.63, 3.8) is 0 Å². The van der Waals surface area contributed by atoms with Crippen molar-refractivity contribution in [3.8, 4) is 11.5 Å². The second-order valence-corrected chi connectivity index (χ2v) is 7.52. The van der Waals surface area contributed by atoms with Crippen LogP contribution in [0, 0.1) is 12.7 Å². The molecule has 0 aliphatic rings. The van der Waals surface area contributed by atoms with E-state index in [0.717, 1.165) is 11.1 Å². The molecule has 3 nitrogen and oxygen atoms in total. The lowest BCUT2D eigenvalue weighted by Gasteiger charge is -2.15. The number of hydrogen-bond donors (Lipinski definition) is 1. The van der Waals surface area contributed by atoms with Crippen LogP contribution in [0.25, 0.3) is 0 Å². The molecule has 1 N–H and O–H groups in total. The molecule has 3 aromatic carbocycles. The Labute approximate surface area is 182 Å². The SMILES string of the molecule is CCOc1cc(CNCCc2ccccc2F)c(Cl)cc1OCc1ccc(C)cc1. The highest BCUT2D eigenvalue weighted by atomic mass is 35.5. The topological polar surface area (TPSA) is 30.5 Å². The van der Waals surface area contributed by atoms with Crippen molar-refractivity contribution >= 4 is 11.6 Å². The summed E-state index contributed by atoms with van der Waals surface area (Å²) in [6.45, 7) is 6.17. The molecule has 0 aliphatic carbocycles. The van der Waals surface area contributed by atoms with Gasteiger partial charge >= 0.3 is 0 Å². The van der Waals surface area contributed by atoms with Gasteiger partial charge in [-0.15, -0.1) is 0 Å². The number of nitrogens with one attached hydrogen (secondary N) is 1. The largest absolute Gasteiger partial charge is 0.490 e. The number of benzene rings is 3. The van der Waals surface area contributed by atoms with Gasteiger partial charge in [0.05, 0.1) is 6.61 Å². The van der Waals surface area contributed by atoms with E-state index in [1.807, 2.05) is 31.2 Å². The molecule has 0 saturated heterocycles. The predicted molar refractivity (Wildman–Crippen MR) is 120 cm³/mol. The highest BCUT2D eigenvalue weighted by Crippen LogP contribution is 2.34. The van der Waals surface area contributed by atoms with Crippen LogP contribution in [0.3, 0.4) is 0 Å². The van der Waals surface area contributed by atoms with Gasteiger partial charge in [-0.05, 0) is 55.6 Å². The minimum atomic E-state index is -0.175. The van der Waals surface area contributed by atoms with Gasteiger partial charge in [0, 0.05) is 17.6 Å². The molecule has 158 valence electrons. The Morgan fingerprint density at radius 3 is 2.40 bits per heavy atom. The maximum absolute atomic E-state index is 13.7. The summed E-state index contributed by atoms with van der Waals surface area (Å²) in [5.41, 5.74) is 3.91. The third-order valence-corrected chi connectivity index (χ3v) is 5.12. The van der Waals surface area contributed by atoms with Gasteiger partial charge in [0.25, 0.3) is 0 Å². The van der Waals surface area contributed by atoms with Crippen molar-refractivity contribution in [3.05, 3.63) is 93.8 Å². The molecule has 0 fully saturated rings. The van der Waals surface area contributed by atoms with Crippen LogP contribution in [0.4, 0.5) is 4.39 Å². The minimum absolute atomic E-state index is 0.175. The van der Waals surface area contributed by atoms with E-state index in [4.69, 9.17) is 21.1 Å². The van der Waals surface area contributed by atoms with Gasteiger partial charge in [0.2, 0.25) is 0 Å². The van der Waals surface area contributed by atoms with E-state index >= 15 is 0 Å². The highest BCUT2D eigenvalue weighted by Gasteiger charge is 2.12. The van der Waals surface area contributed by atoms with Gasteiger partial charge in [-0.25, -0.2) is 4.39 Å². The third kappa shape index (κ3) is 6.22. The molecule has 0 saturated carbocycles. The zero-order chi connectivity index (χ0) is 21.3. The van der Waals surface area contributed by atoms with Crippen molar-refractivity contribution in [1.29, 1.82) is 0 Å². The maximum Gasteiger partial charge on any atom is 0.163 e. The van der Waals surface area contributed by atoms with E-state index in [1.165, 1.54) is 11.6 Å². The van der Waals surface area contributed by atoms with Gasteiger partial charge in [-0.3, -0.25) is 0 Å². The number of aryl methyl sites for hydroxylation is 1. The van der Waals surface area contributed by atoms with Crippen LogP contribution in [0.1, 0.15) is 29.2 Å². The Morgan fingerprint density at radius 2 is 1.67 bits per heavy atom. The van der Waals surface area contributed by atoms with Crippen LogP contribution in [0.2, 0.25) is 5.02 Å². The van der Waals surface area contributed by atoms with Crippen molar-refractivity contribution < 1.29 is 13.9 Å². The molecule has 3 aromatic rings. The smallest absolute Gasteiger partial charge is 0.163 e. The Bertz CT molecular complexity index is 960. The Kier molecular flexibility index (Phi) is 8.12. The molecule has 0 aromatic heterocycles.